The minimum Gasteiger partial charge on any atom is -0.363 e. The number of amides is 1. The summed E-state index contributed by atoms with van der Waals surface area (Å²) in [6, 6.07) is 11.2. The molecular formula is C19H18FN5O. The van der Waals surface area contributed by atoms with Crippen molar-refractivity contribution in [3.8, 4) is 0 Å². The van der Waals surface area contributed by atoms with Crippen molar-refractivity contribution >= 4 is 28.8 Å². The Labute approximate surface area is 150 Å². The Morgan fingerprint density at radius 3 is 2.42 bits per heavy atom. The number of pyridine rings is 2. The molecule has 0 fully saturated rings. The highest BCUT2D eigenvalue weighted by molar-refractivity contribution is 6.05. The third-order valence-corrected chi connectivity index (χ3v) is 3.66. The molecule has 2 aromatic heterocycles. The monoisotopic (exact) mass is 351 g/mol. The van der Waals surface area contributed by atoms with Crippen LogP contribution in [0.5, 0.6) is 0 Å². The van der Waals surface area contributed by atoms with Crippen LogP contribution in [0.15, 0.2) is 61.1 Å². The summed E-state index contributed by atoms with van der Waals surface area (Å²) < 4.78 is 13.0. The smallest absolute Gasteiger partial charge is 0.257 e. The van der Waals surface area contributed by atoms with Crippen LogP contribution in [0.3, 0.4) is 0 Å². The van der Waals surface area contributed by atoms with Crippen LogP contribution < -0.4 is 15.5 Å². The van der Waals surface area contributed by atoms with Crippen molar-refractivity contribution in [3.05, 3.63) is 72.4 Å². The minimum atomic E-state index is -0.313. The first kappa shape index (κ1) is 17.3. The highest BCUT2D eigenvalue weighted by Gasteiger charge is 2.11. The molecule has 0 radical (unpaired) electrons. The normalized spacial score (nSPS) is 10.3. The summed E-state index contributed by atoms with van der Waals surface area (Å²) in [4.78, 5) is 22.6. The highest BCUT2D eigenvalue weighted by Crippen LogP contribution is 2.25. The Kier molecular flexibility index (Phi) is 5.07. The zero-order valence-corrected chi connectivity index (χ0v) is 14.4. The van der Waals surface area contributed by atoms with Gasteiger partial charge < -0.3 is 15.5 Å². The van der Waals surface area contributed by atoms with E-state index in [0.717, 1.165) is 5.82 Å². The number of halogens is 1. The Bertz CT molecular complexity index is 895. The lowest BCUT2D eigenvalue weighted by Crippen LogP contribution is -2.15. The van der Waals surface area contributed by atoms with E-state index in [-0.39, 0.29) is 11.7 Å². The second-order valence-corrected chi connectivity index (χ2v) is 5.81. The molecule has 0 spiro atoms. The van der Waals surface area contributed by atoms with Crippen molar-refractivity contribution in [2.75, 3.05) is 29.6 Å². The van der Waals surface area contributed by atoms with E-state index < -0.39 is 0 Å². The average Bonchev–Trinajstić information content (AvgIpc) is 2.65. The molecule has 26 heavy (non-hydrogen) atoms. The summed E-state index contributed by atoms with van der Waals surface area (Å²) >= 11 is 0. The number of carbonyl (C=O) groups is 1. The summed E-state index contributed by atoms with van der Waals surface area (Å²) in [5.74, 6) is 0.159. The molecule has 1 amide bonds. The van der Waals surface area contributed by atoms with Gasteiger partial charge in [0.25, 0.3) is 5.91 Å². The largest absolute Gasteiger partial charge is 0.363 e. The van der Waals surface area contributed by atoms with E-state index in [2.05, 4.69) is 20.6 Å². The summed E-state index contributed by atoms with van der Waals surface area (Å²) in [6.07, 6.45) is 4.68. The van der Waals surface area contributed by atoms with Gasteiger partial charge in [0.1, 0.15) is 11.6 Å². The van der Waals surface area contributed by atoms with Gasteiger partial charge in [-0.3, -0.25) is 9.78 Å². The van der Waals surface area contributed by atoms with Gasteiger partial charge in [-0.05, 0) is 42.5 Å². The van der Waals surface area contributed by atoms with Crippen LogP contribution in [-0.2, 0) is 0 Å². The van der Waals surface area contributed by atoms with Gasteiger partial charge >= 0.3 is 0 Å². The van der Waals surface area contributed by atoms with Crippen molar-refractivity contribution in [2.45, 2.75) is 0 Å². The number of benzene rings is 1. The van der Waals surface area contributed by atoms with E-state index in [4.69, 9.17) is 0 Å². The van der Waals surface area contributed by atoms with Crippen LogP contribution in [0.25, 0.3) is 0 Å². The standard InChI is InChI=1S/C19H18FN5O/c1-25(2)18-8-3-13(11-22-18)19(26)24-17-12-21-10-9-16(17)23-15-6-4-14(20)5-7-15/h3-12H,1-2H3,(H,21,23)(H,24,26). The zero-order valence-electron chi connectivity index (χ0n) is 14.4. The van der Waals surface area contributed by atoms with Gasteiger partial charge in [-0.15, -0.1) is 0 Å². The number of anilines is 4. The summed E-state index contributed by atoms with van der Waals surface area (Å²) in [7, 11) is 3.76. The van der Waals surface area contributed by atoms with Crippen molar-refractivity contribution < 1.29 is 9.18 Å². The predicted octanol–water partition coefficient (Wildman–Crippen LogP) is 3.68. The Hall–Kier alpha value is -3.48. The van der Waals surface area contributed by atoms with E-state index in [1.54, 1.807) is 42.7 Å². The van der Waals surface area contributed by atoms with E-state index >= 15 is 0 Å². The number of hydrogen-bond donors (Lipinski definition) is 2. The maximum Gasteiger partial charge on any atom is 0.257 e. The molecule has 132 valence electrons. The van der Waals surface area contributed by atoms with Crippen molar-refractivity contribution in [3.63, 3.8) is 0 Å². The summed E-state index contributed by atoms with van der Waals surface area (Å²) in [5.41, 5.74) is 2.30. The van der Waals surface area contributed by atoms with Crippen LogP contribution in [0.4, 0.5) is 27.3 Å². The summed E-state index contributed by atoms with van der Waals surface area (Å²) in [6.45, 7) is 0. The first-order chi connectivity index (χ1) is 12.5. The fraction of sp³-hybridized carbons (Fsp3) is 0.105. The van der Waals surface area contributed by atoms with Crippen LogP contribution in [0.2, 0.25) is 0 Å². The number of rotatable bonds is 5. The molecule has 2 N–H and O–H groups in total. The van der Waals surface area contributed by atoms with Gasteiger partial charge in [-0.1, -0.05) is 0 Å². The third-order valence-electron chi connectivity index (χ3n) is 3.66. The van der Waals surface area contributed by atoms with Crippen molar-refractivity contribution in [1.82, 2.24) is 9.97 Å². The number of nitrogens with zero attached hydrogens (tertiary/aromatic N) is 3. The van der Waals surface area contributed by atoms with Crippen molar-refractivity contribution in [1.29, 1.82) is 0 Å². The fourth-order valence-electron chi connectivity index (χ4n) is 2.27. The van der Waals surface area contributed by atoms with Gasteiger partial charge in [-0.2, -0.15) is 0 Å². The summed E-state index contributed by atoms with van der Waals surface area (Å²) in [5, 5.41) is 5.95. The van der Waals surface area contributed by atoms with Gasteiger partial charge in [0.05, 0.1) is 23.1 Å². The van der Waals surface area contributed by atoms with E-state index in [1.165, 1.54) is 18.3 Å². The van der Waals surface area contributed by atoms with Crippen LogP contribution in [0, 0.1) is 5.82 Å². The molecule has 0 atom stereocenters. The lowest BCUT2D eigenvalue weighted by molar-refractivity contribution is 0.102. The first-order valence-corrected chi connectivity index (χ1v) is 7.94. The maximum absolute atomic E-state index is 13.0. The minimum absolute atomic E-state index is 0.294. The third kappa shape index (κ3) is 4.13. The van der Waals surface area contributed by atoms with Crippen LogP contribution in [0.1, 0.15) is 10.4 Å². The van der Waals surface area contributed by atoms with Gasteiger partial charge in [0.15, 0.2) is 0 Å². The van der Waals surface area contributed by atoms with Crippen LogP contribution >= 0.6 is 0 Å². The van der Waals surface area contributed by atoms with Gasteiger partial charge in [0, 0.05) is 32.2 Å². The molecule has 6 nitrogen and oxygen atoms in total. The van der Waals surface area contributed by atoms with Crippen LogP contribution in [-0.4, -0.2) is 30.0 Å². The SMILES string of the molecule is CN(C)c1ccc(C(=O)Nc2cnccc2Nc2ccc(F)cc2)cn1. The number of carbonyl (C=O) groups excluding carboxylic acids is 1. The molecule has 0 aliphatic carbocycles. The predicted molar refractivity (Wildman–Crippen MR) is 100 cm³/mol. The zero-order chi connectivity index (χ0) is 18.5. The molecule has 3 rings (SSSR count). The molecular weight excluding hydrogens is 333 g/mol. The molecule has 0 aliphatic heterocycles. The lowest BCUT2D eigenvalue weighted by atomic mass is 10.2. The maximum atomic E-state index is 13.0. The molecule has 2 heterocycles. The molecule has 0 saturated heterocycles. The van der Waals surface area contributed by atoms with E-state index in [0.29, 0.717) is 22.6 Å². The molecule has 0 saturated carbocycles. The Morgan fingerprint density at radius 1 is 1.00 bits per heavy atom. The lowest BCUT2D eigenvalue weighted by Gasteiger charge is -2.13. The number of hydrogen-bond acceptors (Lipinski definition) is 5. The van der Waals surface area contributed by atoms with E-state index in [1.807, 2.05) is 19.0 Å². The molecule has 0 aliphatic rings. The average molecular weight is 351 g/mol. The highest BCUT2D eigenvalue weighted by atomic mass is 19.1. The molecule has 1 aromatic carbocycles. The quantitative estimate of drug-likeness (QED) is 0.734. The molecule has 0 bridgehead atoms. The fourth-order valence-corrected chi connectivity index (χ4v) is 2.27. The Morgan fingerprint density at radius 2 is 1.77 bits per heavy atom. The van der Waals surface area contributed by atoms with Crippen molar-refractivity contribution in [2.24, 2.45) is 0 Å². The molecule has 7 heteroatoms. The van der Waals surface area contributed by atoms with Gasteiger partial charge in [-0.25, -0.2) is 9.37 Å². The van der Waals surface area contributed by atoms with Gasteiger partial charge in [0.2, 0.25) is 0 Å². The topological polar surface area (TPSA) is 70.2 Å². The molecule has 0 unspecified atom stereocenters. The Balaban J connectivity index is 1.77. The second-order valence-electron chi connectivity index (χ2n) is 5.81. The first-order valence-electron chi connectivity index (χ1n) is 7.94. The van der Waals surface area contributed by atoms with E-state index in [9.17, 15) is 9.18 Å². The molecule has 3 aromatic rings. The number of nitrogens with one attached hydrogen (secondary N) is 2. The second kappa shape index (κ2) is 7.60. The number of aromatic nitrogens is 2.